The normalized spacial score (nSPS) is 15.2. The summed E-state index contributed by atoms with van der Waals surface area (Å²) < 4.78 is 18.1. The van der Waals surface area contributed by atoms with E-state index in [1.165, 1.54) is 24.3 Å². The topological polar surface area (TPSA) is 70.7 Å². The quantitative estimate of drug-likeness (QED) is 0.862. The number of hydrogen-bond acceptors (Lipinski definition) is 3. The number of rotatable bonds is 5. The van der Waals surface area contributed by atoms with Crippen LogP contribution in [0.1, 0.15) is 26.7 Å². The molecule has 0 aromatic heterocycles. The fourth-order valence-electron chi connectivity index (χ4n) is 2.51. The van der Waals surface area contributed by atoms with Crippen LogP contribution in [-0.2, 0) is 4.79 Å². The number of carbonyl (C=O) groups excluding carboxylic acids is 2. The minimum atomic E-state index is -0.347. The molecule has 1 aliphatic heterocycles. The Morgan fingerprint density at radius 3 is 2.46 bits per heavy atom. The maximum atomic E-state index is 12.8. The molecule has 2 rings (SSSR count). The summed E-state index contributed by atoms with van der Waals surface area (Å²) in [5.74, 6) is -0.115. The molecular formula is C17H24FN3O3. The predicted octanol–water partition coefficient (Wildman–Crippen LogP) is 1.90. The average molecular weight is 337 g/mol. The molecule has 0 atom stereocenters. The predicted molar refractivity (Wildman–Crippen MR) is 88.3 cm³/mol. The van der Waals surface area contributed by atoms with Crippen molar-refractivity contribution in [3.8, 4) is 5.75 Å². The molecule has 0 spiro atoms. The van der Waals surface area contributed by atoms with Gasteiger partial charge in [0.05, 0.1) is 0 Å². The largest absolute Gasteiger partial charge is 0.484 e. The molecule has 7 heteroatoms. The van der Waals surface area contributed by atoms with E-state index in [4.69, 9.17) is 4.74 Å². The van der Waals surface area contributed by atoms with Gasteiger partial charge in [-0.2, -0.15) is 0 Å². The first-order valence-electron chi connectivity index (χ1n) is 8.17. The van der Waals surface area contributed by atoms with E-state index in [1.54, 1.807) is 4.90 Å². The molecular weight excluding hydrogens is 313 g/mol. The van der Waals surface area contributed by atoms with Crippen molar-refractivity contribution in [2.45, 2.75) is 38.8 Å². The SMILES string of the molecule is CC(C)NC(=O)N1CCC(NC(=O)COc2ccc(F)cc2)CC1. The van der Waals surface area contributed by atoms with Crippen LogP contribution in [0.5, 0.6) is 5.75 Å². The number of halogens is 1. The molecule has 6 nitrogen and oxygen atoms in total. The Kier molecular flexibility index (Phi) is 6.40. The summed E-state index contributed by atoms with van der Waals surface area (Å²) in [6, 6.07) is 5.62. The molecule has 1 fully saturated rings. The molecule has 132 valence electrons. The highest BCUT2D eigenvalue weighted by molar-refractivity contribution is 5.78. The van der Waals surface area contributed by atoms with Gasteiger partial charge in [-0.1, -0.05) is 0 Å². The van der Waals surface area contributed by atoms with Gasteiger partial charge in [-0.25, -0.2) is 9.18 Å². The number of piperidine rings is 1. The number of amides is 3. The average Bonchev–Trinajstić information content (AvgIpc) is 2.54. The van der Waals surface area contributed by atoms with Crippen molar-refractivity contribution in [1.29, 1.82) is 0 Å². The molecule has 0 aliphatic carbocycles. The number of carbonyl (C=O) groups is 2. The first kappa shape index (κ1) is 18.0. The molecule has 2 N–H and O–H groups in total. The minimum absolute atomic E-state index is 0.0393. The zero-order valence-corrected chi connectivity index (χ0v) is 14.0. The first-order valence-corrected chi connectivity index (χ1v) is 8.17. The third-order valence-corrected chi connectivity index (χ3v) is 3.74. The Balaban J connectivity index is 1.68. The smallest absolute Gasteiger partial charge is 0.317 e. The van der Waals surface area contributed by atoms with Crippen molar-refractivity contribution in [2.24, 2.45) is 0 Å². The molecule has 1 heterocycles. The van der Waals surface area contributed by atoms with Crippen LogP contribution in [-0.4, -0.2) is 48.6 Å². The van der Waals surface area contributed by atoms with Gasteiger partial charge in [0, 0.05) is 25.2 Å². The zero-order chi connectivity index (χ0) is 17.5. The summed E-state index contributed by atoms with van der Waals surface area (Å²) in [6.45, 7) is 4.96. The van der Waals surface area contributed by atoms with Gasteiger partial charge < -0.3 is 20.3 Å². The van der Waals surface area contributed by atoms with Crippen LogP contribution in [0.3, 0.4) is 0 Å². The number of ether oxygens (including phenoxy) is 1. The Bertz CT molecular complexity index is 555. The molecule has 1 aromatic rings. The van der Waals surface area contributed by atoms with Crippen LogP contribution < -0.4 is 15.4 Å². The van der Waals surface area contributed by atoms with Gasteiger partial charge in [-0.05, 0) is 51.0 Å². The highest BCUT2D eigenvalue weighted by Gasteiger charge is 2.24. The summed E-state index contributed by atoms with van der Waals surface area (Å²) in [4.78, 5) is 25.6. The first-order chi connectivity index (χ1) is 11.4. The van der Waals surface area contributed by atoms with Gasteiger partial charge in [0.15, 0.2) is 6.61 Å². The number of likely N-dealkylation sites (tertiary alicyclic amines) is 1. The van der Waals surface area contributed by atoms with Crippen LogP contribution in [0, 0.1) is 5.82 Å². The lowest BCUT2D eigenvalue weighted by molar-refractivity contribution is -0.124. The van der Waals surface area contributed by atoms with Crippen molar-refractivity contribution >= 4 is 11.9 Å². The summed E-state index contributed by atoms with van der Waals surface area (Å²) in [7, 11) is 0. The molecule has 0 bridgehead atoms. The Hall–Kier alpha value is -2.31. The summed E-state index contributed by atoms with van der Waals surface area (Å²) in [6.07, 6.45) is 1.43. The Morgan fingerprint density at radius 1 is 1.25 bits per heavy atom. The Morgan fingerprint density at radius 2 is 1.88 bits per heavy atom. The fourth-order valence-corrected chi connectivity index (χ4v) is 2.51. The molecule has 24 heavy (non-hydrogen) atoms. The fraction of sp³-hybridized carbons (Fsp3) is 0.529. The number of benzene rings is 1. The maximum absolute atomic E-state index is 12.8. The van der Waals surface area contributed by atoms with Crippen molar-refractivity contribution in [3.63, 3.8) is 0 Å². The standard InChI is InChI=1S/C17H24FN3O3/c1-12(2)19-17(23)21-9-7-14(8-10-21)20-16(22)11-24-15-5-3-13(18)4-6-15/h3-6,12,14H,7-11H2,1-2H3,(H,19,23)(H,20,22). The van der Waals surface area contributed by atoms with E-state index in [0.717, 1.165) is 0 Å². The van der Waals surface area contributed by atoms with Crippen LogP contribution in [0.25, 0.3) is 0 Å². The number of urea groups is 1. The highest BCUT2D eigenvalue weighted by Crippen LogP contribution is 2.12. The van der Waals surface area contributed by atoms with E-state index in [2.05, 4.69) is 10.6 Å². The molecule has 0 saturated carbocycles. The van der Waals surface area contributed by atoms with Gasteiger partial charge >= 0.3 is 6.03 Å². The van der Waals surface area contributed by atoms with E-state index in [0.29, 0.717) is 31.7 Å². The van der Waals surface area contributed by atoms with E-state index in [9.17, 15) is 14.0 Å². The van der Waals surface area contributed by atoms with Crippen LogP contribution in [0.15, 0.2) is 24.3 Å². The molecule has 1 aliphatic rings. The van der Waals surface area contributed by atoms with E-state index in [1.807, 2.05) is 13.8 Å². The second kappa shape index (κ2) is 8.52. The molecule has 0 unspecified atom stereocenters. The van der Waals surface area contributed by atoms with Crippen molar-refractivity contribution < 1.29 is 18.7 Å². The van der Waals surface area contributed by atoms with Gasteiger partial charge in [0.1, 0.15) is 11.6 Å². The Labute approximate surface area is 141 Å². The highest BCUT2D eigenvalue weighted by atomic mass is 19.1. The summed E-state index contributed by atoms with van der Waals surface area (Å²) in [5.41, 5.74) is 0. The van der Waals surface area contributed by atoms with Gasteiger partial charge in [0.2, 0.25) is 0 Å². The third-order valence-electron chi connectivity index (χ3n) is 3.74. The van der Waals surface area contributed by atoms with Crippen molar-refractivity contribution in [2.75, 3.05) is 19.7 Å². The van der Waals surface area contributed by atoms with Crippen molar-refractivity contribution in [3.05, 3.63) is 30.1 Å². The van der Waals surface area contributed by atoms with Gasteiger partial charge in [-0.3, -0.25) is 4.79 Å². The lowest BCUT2D eigenvalue weighted by atomic mass is 10.1. The lowest BCUT2D eigenvalue weighted by Gasteiger charge is -2.32. The second-order valence-corrected chi connectivity index (χ2v) is 6.18. The minimum Gasteiger partial charge on any atom is -0.484 e. The van der Waals surface area contributed by atoms with Crippen LogP contribution in [0.4, 0.5) is 9.18 Å². The van der Waals surface area contributed by atoms with Gasteiger partial charge in [-0.15, -0.1) is 0 Å². The maximum Gasteiger partial charge on any atom is 0.317 e. The lowest BCUT2D eigenvalue weighted by Crippen LogP contribution is -2.51. The summed E-state index contributed by atoms with van der Waals surface area (Å²) >= 11 is 0. The number of nitrogens with zero attached hydrogens (tertiary/aromatic N) is 1. The second-order valence-electron chi connectivity index (χ2n) is 6.18. The zero-order valence-electron chi connectivity index (χ0n) is 14.0. The number of nitrogens with one attached hydrogen (secondary N) is 2. The van der Waals surface area contributed by atoms with Crippen LogP contribution in [0.2, 0.25) is 0 Å². The van der Waals surface area contributed by atoms with Crippen molar-refractivity contribution in [1.82, 2.24) is 15.5 Å². The van der Waals surface area contributed by atoms with Gasteiger partial charge in [0.25, 0.3) is 5.91 Å². The third kappa shape index (κ3) is 5.72. The summed E-state index contributed by atoms with van der Waals surface area (Å²) in [5, 5.41) is 5.77. The van der Waals surface area contributed by atoms with Crippen LogP contribution >= 0.6 is 0 Å². The molecule has 3 amide bonds. The van der Waals surface area contributed by atoms with E-state index < -0.39 is 0 Å². The van der Waals surface area contributed by atoms with E-state index in [-0.39, 0.29) is 36.4 Å². The molecule has 1 saturated heterocycles. The van der Waals surface area contributed by atoms with E-state index >= 15 is 0 Å². The monoisotopic (exact) mass is 337 g/mol. The molecule has 0 radical (unpaired) electrons. The number of hydrogen-bond donors (Lipinski definition) is 2. The molecule has 1 aromatic carbocycles.